The molecule has 0 aromatic carbocycles. The highest BCUT2D eigenvalue weighted by Crippen LogP contribution is 2.24. The van der Waals surface area contributed by atoms with E-state index in [0.717, 1.165) is 39.0 Å². The molecular weight excluding hydrogens is 210 g/mol. The fourth-order valence-electron chi connectivity index (χ4n) is 2.36. The van der Waals surface area contributed by atoms with Gasteiger partial charge >= 0.3 is 0 Å². The molecule has 0 amide bonds. The Labute approximate surface area is 104 Å². The fourth-order valence-corrected chi connectivity index (χ4v) is 2.36. The van der Waals surface area contributed by atoms with Crippen LogP contribution in [0.4, 0.5) is 0 Å². The number of piperazine rings is 1. The van der Waals surface area contributed by atoms with E-state index in [1.54, 1.807) is 0 Å². The lowest BCUT2D eigenvalue weighted by Crippen LogP contribution is -2.45. The minimum Gasteiger partial charge on any atom is -0.314 e. The molecule has 0 radical (unpaired) electrons. The normalized spacial score (nSPS) is 18.8. The smallest absolute Gasteiger partial charge is 0.0575 e. The summed E-state index contributed by atoms with van der Waals surface area (Å²) in [6.45, 7) is 8.20. The maximum Gasteiger partial charge on any atom is 0.0575 e. The van der Waals surface area contributed by atoms with Crippen LogP contribution in [-0.4, -0.2) is 36.1 Å². The first kappa shape index (κ1) is 12.3. The van der Waals surface area contributed by atoms with E-state index in [-0.39, 0.29) is 0 Å². The Morgan fingerprint density at radius 1 is 1.41 bits per heavy atom. The summed E-state index contributed by atoms with van der Waals surface area (Å²) < 4.78 is 0. The molecule has 1 fully saturated rings. The van der Waals surface area contributed by atoms with Gasteiger partial charge in [0.15, 0.2) is 0 Å². The number of hydrogen-bond acceptors (Lipinski definition) is 3. The van der Waals surface area contributed by atoms with Crippen LogP contribution in [0.3, 0.4) is 0 Å². The first-order chi connectivity index (χ1) is 8.42. The van der Waals surface area contributed by atoms with Crippen LogP contribution in [0.2, 0.25) is 0 Å². The van der Waals surface area contributed by atoms with Crippen molar-refractivity contribution in [2.45, 2.75) is 18.9 Å². The lowest BCUT2D eigenvalue weighted by atomic mass is 10.0. The molecule has 0 bridgehead atoms. The molecule has 2 rings (SSSR count). The van der Waals surface area contributed by atoms with Crippen LogP contribution in [-0.2, 0) is 0 Å². The van der Waals surface area contributed by atoms with Crippen molar-refractivity contribution >= 4 is 0 Å². The van der Waals surface area contributed by atoms with E-state index >= 15 is 0 Å². The third kappa shape index (κ3) is 3.38. The molecule has 17 heavy (non-hydrogen) atoms. The third-order valence-electron chi connectivity index (χ3n) is 3.27. The van der Waals surface area contributed by atoms with Gasteiger partial charge < -0.3 is 5.32 Å². The van der Waals surface area contributed by atoms with Crippen molar-refractivity contribution in [2.75, 3.05) is 26.2 Å². The van der Waals surface area contributed by atoms with Crippen molar-refractivity contribution in [3.8, 4) is 0 Å². The van der Waals surface area contributed by atoms with Gasteiger partial charge in [0.05, 0.1) is 11.7 Å². The molecule has 0 unspecified atom stereocenters. The second-order valence-electron chi connectivity index (χ2n) is 4.42. The molecule has 1 aromatic rings. The number of hydrogen-bond donors (Lipinski definition) is 1. The van der Waals surface area contributed by atoms with Crippen molar-refractivity contribution in [3.63, 3.8) is 0 Å². The zero-order valence-electron chi connectivity index (χ0n) is 10.3. The molecule has 1 aromatic heterocycles. The molecule has 1 N–H and O–H groups in total. The van der Waals surface area contributed by atoms with Crippen molar-refractivity contribution in [2.24, 2.45) is 0 Å². The average molecular weight is 231 g/mol. The topological polar surface area (TPSA) is 28.2 Å². The summed E-state index contributed by atoms with van der Waals surface area (Å²) >= 11 is 0. The first-order valence-electron chi connectivity index (χ1n) is 6.38. The highest BCUT2D eigenvalue weighted by molar-refractivity contribution is 5.09. The van der Waals surface area contributed by atoms with Crippen LogP contribution >= 0.6 is 0 Å². The number of nitrogens with zero attached hydrogens (tertiary/aromatic N) is 2. The van der Waals surface area contributed by atoms with Gasteiger partial charge in [-0.05, 0) is 25.0 Å². The Balaban J connectivity index is 2.09. The fraction of sp³-hybridized carbons (Fsp3) is 0.500. The van der Waals surface area contributed by atoms with Crippen LogP contribution < -0.4 is 5.32 Å². The van der Waals surface area contributed by atoms with Crippen molar-refractivity contribution in [1.82, 2.24) is 15.2 Å². The van der Waals surface area contributed by atoms with Crippen molar-refractivity contribution in [1.29, 1.82) is 0 Å². The van der Waals surface area contributed by atoms with E-state index in [9.17, 15) is 0 Å². The number of pyridine rings is 1. The highest BCUT2D eigenvalue weighted by Gasteiger charge is 2.22. The van der Waals surface area contributed by atoms with E-state index in [1.165, 1.54) is 5.69 Å². The van der Waals surface area contributed by atoms with Gasteiger partial charge in [-0.15, -0.1) is 6.58 Å². The molecule has 1 aliphatic heterocycles. The summed E-state index contributed by atoms with van der Waals surface area (Å²) in [5.74, 6) is 0. The van der Waals surface area contributed by atoms with Crippen LogP contribution in [0.15, 0.2) is 37.1 Å². The van der Waals surface area contributed by atoms with E-state index in [2.05, 4.69) is 33.9 Å². The van der Waals surface area contributed by atoms with E-state index in [1.807, 2.05) is 18.3 Å². The molecule has 1 saturated heterocycles. The maximum absolute atomic E-state index is 4.51. The maximum atomic E-state index is 4.51. The number of nitrogens with one attached hydrogen (secondary N) is 1. The standard InChI is InChI=1S/C14H21N3/c1-2-3-7-14(13-6-4-5-8-16-13)17-11-9-15-10-12-17/h2,4-6,8,14-15H,1,3,7,9-12H2/t14-/m1/s1. The van der Waals surface area contributed by atoms with Gasteiger partial charge in [-0.25, -0.2) is 0 Å². The Hall–Kier alpha value is -1.19. The SMILES string of the molecule is C=CCC[C@H](c1ccccn1)N1CCNCC1. The third-order valence-corrected chi connectivity index (χ3v) is 3.27. The summed E-state index contributed by atoms with van der Waals surface area (Å²) in [6.07, 6.45) is 6.04. The Kier molecular flexibility index (Phi) is 4.71. The molecule has 1 aliphatic rings. The molecule has 2 heterocycles. The van der Waals surface area contributed by atoms with Gasteiger partial charge in [-0.3, -0.25) is 9.88 Å². The number of allylic oxidation sites excluding steroid dienone is 1. The van der Waals surface area contributed by atoms with E-state index < -0.39 is 0 Å². The summed E-state index contributed by atoms with van der Waals surface area (Å²) in [6, 6.07) is 6.63. The minimum absolute atomic E-state index is 0.441. The zero-order valence-corrected chi connectivity index (χ0v) is 10.3. The lowest BCUT2D eigenvalue weighted by Gasteiger charge is -2.34. The Morgan fingerprint density at radius 2 is 2.24 bits per heavy atom. The molecular formula is C14H21N3. The van der Waals surface area contributed by atoms with Crippen LogP contribution in [0.25, 0.3) is 0 Å². The summed E-state index contributed by atoms with van der Waals surface area (Å²) in [5.41, 5.74) is 1.19. The molecule has 3 nitrogen and oxygen atoms in total. The monoisotopic (exact) mass is 231 g/mol. The largest absolute Gasteiger partial charge is 0.314 e. The lowest BCUT2D eigenvalue weighted by molar-refractivity contribution is 0.163. The van der Waals surface area contributed by atoms with Crippen LogP contribution in [0, 0.1) is 0 Å². The van der Waals surface area contributed by atoms with Crippen molar-refractivity contribution in [3.05, 3.63) is 42.7 Å². The van der Waals surface area contributed by atoms with Crippen LogP contribution in [0.5, 0.6) is 0 Å². The number of aromatic nitrogens is 1. The average Bonchev–Trinajstić information content (AvgIpc) is 2.42. The summed E-state index contributed by atoms with van der Waals surface area (Å²) in [5, 5.41) is 3.39. The van der Waals surface area contributed by atoms with Gasteiger partial charge in [0.1, 0.15) is 0 Å². The second-order valence-corrected chi connectivity index (χ2v) is 4.42. The molecule has 3 heteroatoms. The Bertz CT molecular complexity index is 331. The predicted molar refractivity (Wildman–Crippen MR) is 70.9 cm³/mol. The van der Waals surface area contributed by atoms with Gasteiger partial charge in [0.25, 0.3) is 0 Å². The van der Waals surface area contributed by atoms with Gasteiger partial charge in [-0.1, -0.05) is 12.1 Å². The quantitative estimate of drug-likeness (QED) is 0.786. The molecule has 92 valence electrons. The second kappa shape index (κ2) is 6.52. The van der Waals surface area contributed by atoms with E-state index in [4.69, 9.17) is 0 Å². The summed E-state index contributed by atoms with van der Waals surface area (Å²) in [7, 11) is 0. The van der Waals surface area contributed by atoms with Gasteiger partial charge in [0.2, 0.25) is 0 Å². The zero-order chi connectivity index (χ0) is 11.9. The molecule has 0 saturated carbocycles. The van der Waals surface area contributed by atoms with Gasteiger partial charge in [-0.2, -0.15) is 0 Å². The van der Waals surface area contributed by atoms with Crippen molar-refractivity contribution < 1.29 is 0 Å². The predicted octanol–water partition coefficient (Wildman–Crippen LogP) is 1.99. The van der Waals surface area contributed by atoms with Crippen LogP contribution in [0.1, 0.15) is 24.6 Å². The molecule has 0 spiro atoms. The molecule has 0 aliphatic carbocycles. The summed E-state index contributed by atoms with van der Waals surface area (Å²) in [4.78, 5) is 7.04. The number of rotatable bonds is 5. The minimum atomic E-state index is 0.441. The van der Waals surface area contributed by atoms with E-state index in [0.29, 0.717) is 6.04 Å². The molecule has 1 atom stereocenters. The Morgan fingerprint density at radius 3 is 2.88 bits per heavy atom. The highest BCUT2D eigenvalue weighted by atomic mass is 15.2. The first-order valence-corrected chi connectivity index (χ1v) is 6.38. The van der Waals surface area contributed by atoms with Gasteiger partial charge in [0, 0.05) is 32.4 Å².